The predicted molar refractivity (Wildman–Crippen MR) is 285 cm³/mol. The number of nitrogen functional groups attached to an aromatic ring is 1. The second kappa shape index (κ2) is 25.1. The van der Waals surface area contributed by atoms with Crippen molar-refractivity contribution in [3.8, 4) is 28.7 Å². The monoisotopic (exact) mass is 1250 g/mol. The van der Waals surface area contributed by atoms with Gasteiger partial charge in [-0.1, -0.05) is 21.2 Å². The molecule has 0 atom stereocenters. The van der Waals surface area contributed by atoms with Gasteiger partial charge in [-0.15, -0.1) is 43.7 Å². The van der Waals surface area contributed by atoms with Crippen molar-refractivity contribution in [1.82, 2.24) is 0 Å². The van der Waals surface area contributed by atoms with Crippen molar-refractivity contribution >= 4 is 150 Å². The van der Waals surface area contributed by atoms with Crippen LogP contribution in [0.3, 0.4) is 0 Å². The molecule has 0 bridgehead atoms. The number of phenolic OH excluding ortho intramolecular Hbond substituents is 3. The minimum Gasteiger partial charge on any atom is -0.505 e. The molecule has 0 heterocycles. The topological polar surface area (TPSA) is 483 Å². The molecular weight excluding hydrogens is 1210 g/mol. The molecular formula is C44H33N9O23S6. The normalized spacial score (nSPS) is 12.6. The summed E-state index contributed by atoms with van der Waals surface area (Å²) in [7, 11) is -12.6. The molecule has 0 amide bonds. The number of anilines is 1. The lowest BCUT2D eigenvalue weighted by Gasteiger charge is -2.14. The first kappa shape index (κ1) is 60.3. The molecule has 32 nitrogen and oxygen atoms in total. The van der Waals surface area contributed by atoms with E-state index in [2.05, 4.69) is 69.0 Å². The molecule has 0 aliphatic rings. The first-order chi connectivity index (χ1) is 39.0. The summed E-state index contributed by atoms with van der Waals surface area (Å²) in [6.07, 6.45) is 0. The third-order valence-corrected chi connectivity index (χ3v) is 15.6. The maximum atomic E-state index is 13.0. The van der Waals surface area contributed by atoms with Crippen LogP contribution in [-0.2, 0) is 58.5 Å². The van der Waals surface area contributed by atoms with Gasteiger partial charge in [0.15, 0.2) is 17.2 Å². The fourth-order valence-corrected chi connectivity index (χ4v) is 10.9. The summed E-state index contributed by atoms with van der Waals surface area (Å²) in [4.78, 5) is -2.77. The molecule has 0 spiro atoms. The maximum absolute atomic E-state index is 13.0. The van der Waals surface area contributed by atoms with Gasteiger partial charge in [-0.25, -0.2) is 15.8 Å². The van der Waals surface area contributed by atoms with Crippen molar-refractivity contribution < 1.29 is 108 Å². The highest BCUT2D eigenvalue weighted by Gasteiger charge is 2.27. The summed E-state index contributed by atoms with van der Waals surface area (Å²) in [6, 6.07) is 19.4. The van der Waals surface area contributed by atoms with Crippen LogP contribution in [-0.4, -0.2) is 84.2 Å². The van der Waals surface area contributed by atoms with Crippen molar-refractivity contribution in [2.45, 2.75) is 29.4 Å². The summed E-state index contributed by atoms with van der Waals surface area (Å²) in [6.45, 7) is 0. The molecule has 0 unspecified atom stereocenters. The lowest BCUT2D eigenvalue weighted by atomic mass is 10.0. The van der Waals surface area contributed by atoms with E-state index in [4.69, 9.17) is 31.0 Å². The van der Waals surface area contributed by atoms with Crippen LogP contribution in [0, 0.1) is 0 Å². The average Bonchev–Trinajstić information content (AvgIpc) is 3.64. The third kappa shape index (κ3) is 13.2. The molecule has 8 rings (SSSR count). The van der Waals surface area contributed by atoms with Gasteiger partial charge in [-0.05, 0) is 95.7 Å². The van der Waals surface area contributed by atoms with Crippen LogP contribution in [0.25, 0.3) is 32.3 Å². The number of nitrogens with zero attached hydrogens (tertiary/aromatic N) is 8. The Kier molecular flexibility index (Phi) is 18.5. The van der Waals surface area contributed by atoms with Gasteiger partial charge >= 0.3 is 0 Å². The Morgan fingerprint density at radius 3 is 1.57 bits per heavy atom. The number of rotatable bonds is 22. The van der Waals surface area contributed by atoms with Crippen molar-refractivity contribution in [2.75, 3.05) is 20.0 Å². The standard InChI is InChI=1S/C44H33N9O23S6/c1-69-23-6-9-28(31(15-23)77-74-71-57)48-53-41-36(82(66,67)68)13-19-3-4-22(14-26(19)43(41)55)46-50-30-18-34(80(60,61)62)27-17-33(79-76-73-59)40(44(56)37(27)38(30)45)51-47-21-5-8-25-20(11-21)12-32(78-75-72-58)39(42(25)54)52-49-29-10-7-24(70-2)16-35(29)81(63,64)65/h3-18,54-59H,45H2,1-2H3,(H,60,61,62)(H,63,64,65)(H,66,67,68). The van der Waals surface area contributed by atoms with Gasteiger partial charge in [0.25, 0.3) is 30.4 Å². The molecule has 0 saturated carbocycles. The van der Waals surface area contributed by atoms with E-state index in [1.807, 2.05) is 0 Å². The molecule has 8 aromatic carbocycles. The van der Waals surface area contributed by atoms with Crippen LogP contribution in [0.2, 0.25) is 0 Å². The average molecular weight is 1250 g/mol. The third-order valence-electron chi connectivity index (χ3n) is 11.1. The molecule has 0 aromatic heterocycles. The van der Waals surface area contributed by atoms with Gasteiger partial charge in [0.1, 0.15) is 60.3 Å². The van der Waals surface area contributed by atoms with Gasteiger partial charge in [-0.3, -0.25) is 13.7 Å². The Morgan fingerprint density at radius 2 is 0.939 bits per heavy atom. The zero-order valence-corrected chi connectivity index (χ0v) is 45.5. The van der Waals surface area contributed by atoms with E-state index in [0.29, 0.717) is 29.8 Å². The summed E-state index contributed by atoms with van der Waals surface area (Å²) < 4.78 is 130. The second-order valence-corrected chi connectivity index (χ2v) is 22.2. The van der Waals surface area contributed by atoms with E-state index in [0.717, 1.165) is 30.3 Å². The molecule has 428 valence electrons. The Balaban J connectivity index is 1.19. The van der Waals surface area contributed by atoms with Crippen molar-refractivity contribution in [1.29, 1.82) is 0 Å². The second-order valence-electron chi connectivity index (χ2n) is 15.8. The summed E-state index contributed by atoms with van der Waals surface area (Å²) in [5.74, 6) is -1.99. The van der Waals surface area contributed by atoms with Crippen molar-refractivity contribution in [3.05, 3.63) is 97.1 Å². The number of phenols is 3. The lowest BCUT2D eigenvalue weighted by Crippen LogP contribution is -2.02. The van der Waals surface area contributed by atoms with Gasteiger partial charge in [-0.2, -0.15) is 35.5 Å². The Bertz CT molecular complexity index is 4330. The van der Waals surface area contributed by atoms with E-state index in [1.165, 1.54) is 80.9 Å². The molecule has 0 fully saturated rings. The fraction of sp³-hybridized carbons (Fsp3) is 0.0455. The first-order valence-electron chi connectivity index (χ1n) is 21.6. The van der Waals surface area contributed by atoms with Gasteiger partial charge in [0, 0.05) is 22.2 Å². The first-order valence-corrected chi connectivity index (χ1v) is 28.1. The molecule has 11 N–H and O–H groups in total. The number of nitrogens with two attached hydrogens (primary N) is 1. The number of aromatic hydroxyl groups is 3. The number of fused-ring (bicyclic) bond motifs is 3. The minimum absolute atomic E-state index is 0.0135. The molecule has 8 aromatic rings. The SMILES string of the molecule is COc1ccc(N=Nc2c(S(=O)(=O)O)cc3ccc(N=Nc4cc(S(=O)(=O)O)c5cc(SOOO)c(N=Nc6ccc7c(O)c(N=Nc8ccc(OC)cc8S(=O)(=O)O)c(SOOO)cc7c6)c(O)c5c4N)cc3c2O)c(SOOO)c1. The van der Waals surface area contributed by atoms with E-state index in [1.54, 1.807) is 0 Å². The van der Waals surface area contributed by atoms with E-state index in [9.17, 15) is 54.2 Å². The highest BCUT2D eigenvalue weighted by atomic mass is 32.2. The number of azo groups is 4. The summed E-state index contributed by atoms with van der Waals surface area (Å²) in [5.41, 5.74) is 3.37. The number of hydrogen-bond donors (Lipinski definition) is 10. The van der Waals surface area contributed by atoms with E-state index >= 15 is 0 Å². The molecule has 0 radical (unpaired) electrons. The number of hydrogen-bond acceptors (Lipinski definition) is 32. The van der Waals surface area contributed by atoms with Crippen LogP contribution in [0.1, 0.15) is 0 Å². The quantitative estimate of drug-likeness (QED) is 0.00752. The Morgan fingerprint density at radius 1 is 0.427 bits per heavy atom. The van der Waals surface area contributed by atoms with Gasteiger partial charge < -0.3 is 30.5 Å². The smallest absolute Gasteiger partial charge is 0.296 e. The zero-order chi connectivity index (χ0) is 59.3. The summed E-state index contributed by atoms with van der Waals surface area (Å²) >= 11 is 0.947. The van der Waals surface area contributed by atoms with E-state index < -0.39 is 95.8 Å². The van der Waals surface area contributed by atoms with Crippen LogP contribution in [0.4, 0.5) is 51.2 Å². The molecule has 0 saturated heterocycles. The molecule has 0 aliphatic carbocycles. The predicted octanol–water partition coefficient (Wildman–Crippen LogP) is 12.5. The number of ether oxygens (including phenoxy) is 2. The zero-order valence-electron chi connectivity index (χ0n) is 40.6. The Labute approximate surface area is 471 Å². The van der Waals surface area contributed by atoms with Crippen molar-refractivity contribution in [2.24, 2.45) is 40.9 Å². The molecule has 0 aliphatic heterocycles. The number of methoxy groups -OCH3 is 2. The highest BCUT2D eigenvalue weighted by Crippen LogP contribution is 2.51. The van der Waals surface area contributed by atoms with Crippen molar-refractivity contribution in [3.63, 3.8) is 0 Å². The largest absolute Gasteiger partial charge is 0.505 e. The Hall–Kier alpha value is -7.84. The van der Waals surface area contributed by atoms with Gasteiger partial charge in [0.2, 0.25) is 0 Å². The summed E-state index contributed by atoms with van der Waals surface area (Å²) in [5, 5.41) is 104. The highest BCUT2D eigenvalue weighted by molar-refractivity contribution is 7.95. The lowest BCUT2D eigenvalue weighted by molar-refractivity contribution is -0.432. The number of benzene rings is 8. The van der Waals surface area contributed by atoms with E-state index in [-0.39, 0.29) is 82.5 Å². The van der Waals surface area contributed by atoms with Crippen LogP contribution < -0.4 is 15.2 Å². The maximum Gasteiger partial charge on any atom is 0.296 e. The molecule has 38 heteroatoms. The molecule has 82 heavy (non-hydrogen) atoms. The minimum atomic E-state index is -5.24. The van der Waals surface area contributed by atoms with Crippen LogP contribution in [0.5, 0.6) is 28.7 Å². The van der Waals surface area contributed by atoms with Crippen LogP contribution >= 0.6 is 36.1 Å². The fourth-order valence-electron chi connectivity index (χ4n) is 7.48. The van der Waals surface area contributed by atoms with Crippen LogP contribution in [0.15, 0.2) is 167 Å². The van der Waals surface area contributed by atoms with Gasteiger partial charge in [0.05, 0.1) is 87.5 Å².